The number of ketones is 1. The Labute approximate surface area is 175 Å². The maximum atomic E-state index is 12.8. The summed E-state index contributed by atoms with van der Waals surface area (Å²) in [6.45, 7) is 0. The van der Waals surface area contributed by atoms with Gasteiger partial charge in [-0.15, -0.1) is 0 Å². The summed E-state index contributed by atoms with van der Waals surface area (Å²) in [5.41, 5.74) is 3.57. The third kappa shape index (κ3) is 4.21. The van der Waals surface area contributed by atoms with Crippen molar-refractivity contribution >= 4 is 38.5 Å². The van der Waals surface area contributed by atoms with Crippen LogP contribution >= 0.6 is 11.8 Å². The van der Waals surface area contributed by atoms with Gasteiger partial charge in [0.2, 0.25) is 0 Å². The smallest absolute Gasteiger partial charge is 0.175 e. The van der Waals surface area contributed by atoms with Gasteiger partial charge in [0.05, 0.1) is 4.90 Å². The number of Topliss-reactive ketones (excluding diaryl/α,β-unsaturated/α-hetero) is 1. The topological polar surface area (TPSA) is 51.2 Å². The van der Waals surface area contributed by atoms with E-state index in [1.165, 1.54) is 6.26 Å². The van der Waals surface area contributed by atoms with Crippen LogP contribution in [0.1, 0.15) is 24.0 Å². The highest BCUT2D eigenvalue weighted by atomic mass is 32.2. The van der Waals surface area contributed by atoms with Crippen LogP contribution in [0.5, 0.6) is 0 Å². The molecule has 3 aromatic carbocycles. The highest BCUT2D eigenvalue weighted by molar-refractivity contribution is 7.99. The molecular weight excluding hydrogens is 400 g/mol. The third-order valence-corrected chi connectivity index (χ3v) is 7.15. The van der Waals surface area contributed by atoms with Crippen LogP contribution in [0, 0.1) is 0 Å². The van der Waals surface area contributed by atoms with Crippen molar-refractivity contribution in [1.29, 1.82) is 0 Å². The maximum absolute atomic E-state index is 12.8. The Morgan fingerprint density at radius 3 is 2.14 bits per heavy atom. The summed E-state index contributed by atoms with van der Waals surface area (Å²) >= 11 is 1.64. The first-order chi connectivity index (χ1) is 13.9. The lowest BCUT2D eigenvalue weighted by molar-refractivity contribution is -0.113. The lowest BCUT2D eigenvalue weighted by atomic mass is 9.97. The predicted octanol–water partition coefficient (Wildman–Crippen LogP) is 5.52. The minimum Gasteiger partial charge on any atom is -0.294 e. The Morgan fingerprint density at radius 1 is 0.793 bits per heavy atom. The Morgan fingerprint density at radius 2 is 1.45 bits per heavy atom. The van der Waals surface area contributed by atoms with Gasteiger partial charge >= 0.3 is 0 Å². The SMILES string of the molecule is CS(=O)(=O)c1ccc(C2=C(c3ccccc3Sc3ccccc3)C(=O)CC2)cc1. The van der Waals surface area contributed by atoms with Gasteiger partial charge in [0.15, 0.2) is 15.6 Å². The molecule has 0 unspecified atom stereocenters. The van der Waals surface area contributed by atoms with Gasteiger partial charge in [-0.05, 0) is 53.5 Å². The van der Waals surface area contributed by atoms with E-state index in [0.29, 0.717) is 12.8 Å². The Hall–Kier alpha value is -2.63. The molecule has 146 valence electrons. The summed E-state index contributed by atoms with van der Waals surface area (Å²) in [5, 5.41) is 0. The van der Waals surface area contributed by atoms with E-state index in [1.54, 1.807) is 36.0 Å². The van der Waals surface area contributed by atoms with Gasteiger partial charge in [-0.25, -0.2) is 8.42 Å². The number of hydrogen-bond donors (Lipinski definition) is 0. The summed E-state index contributed by atoms with van der Waals surface area (Å²) < 4.78 is 23.5. The van der Waals surface area contributed by atoms with E-state index in [0.717, 1.165) is 32.1 Å². The molecule has 0 saturated heterocycles. The van der Waals surface area contributed by atoms with Crippen molar-refractivity contribution in [2.45, 2.75) is 27.5 Å². The largest absolute Gasteiger partial charge is 0.294 e. The molecule has 1 aliphatic carbocycles. The molecule has 0 amide bonds. The first-order valence-electron chi connectivity index (χ1n) is 9.32. The minimum atomic E-state index is -3.25. The summed E-state index contributed by atoms with van der Waals surface area (Å²) in [6, 6.07) is 24.9. The average Bonchev–Trinajstić information content (AvgIpc) is 3.10. The fourth-order valence-electron chi connectivity index (χ4n) is 3.54. The van der Waals surface area contributed by atoms with Crippen LogP contribution in [0.2, 0.25) is 0 Å². The van der Waals surface area contributed by atoms with E-state index in [4.69, 9.17) is 0 Å². The number of rotatable bonds is 5. The Kier molecular flexibility index (Phi) is 5.43. The van der Waals surface area contributed by atoms with Crippen molar-refractivity contribution in [1.82, 2.24) is 0 Å². The van der Waals surface area contributed by atoms with Crippen LogP contribution in [0.25, 0.3) is 11.1 Å². The van der Waals surface area contributed by atoms with Gasteiger partial charge in [0.25, 0.3) is 0 Å². The molecule has 0 aliphatic heterocycles. The normalized spacial score (nSPS) is 14.4. The molecule has 3 aromatic rings. The predicted molar refractivity (Wildman–Crippen MR) is 118 cm³/mol. The van der Waals surface area contributed by atoms with Crippen LogP contribution < -0.4 is 0 Å². The highest BCUT2D eigenvalue weighted by Crippen LogP contribution is 2.42. The molecule has 0 N–H and O–H groups in total. The van der Waals surface area contributed by atoms with Gasteiger partial charge in [0.1, 0.15) is 0 Å². The van der Waals surface area contributed by atoms with E-state index in [9.17, 15) is 13.2 Å². The van der Waals surface area contributed by atoms with Crippen LogP contribution in [-0.2, 0) is 14.6 Å². The second-order valence-electron chi connectivity index (χ2n) is 6.98. The molecular formula is C24H20O3S2. The molecule has 0 bridgehead atoms. The van der Waals surface area contributed by atoms with Gasteiger partial charge in [-0.3, -0.25) is 4.79 Å². The van der Waals surface area contributed by atoms with Gasteiger partial charge in [-0.1, -0.05) is 60.3 Å². The first-order valence-corrected chi connectivity index (χ1v) is 12.0. The zero-order valence-corrected chi connectivity index (χ0v) is 17.6. The van der Waals surface area contributed by atoms with Gasteiger partial charge in [-0.2, -0.15) is 0 Å². The number of sulfone groups is 1. The second-order valence-corrected chi connectivity index (χ2v) is 10.1. The van der Waals surface area contributed by atoms with E-state index in [1.807, 2.05) is 42.5 Å². The molecule has 3 nitrogen and oxygen atoms in total. The molecule has 0 atom stereocenters. The monoisotopic (exact) mass is 420 g/mol. The van der Waals surface area contributed by atoms with Crippen molar-refractivity contribution in [3.05, 3.63) is 90.0 Å². The van der Waals surface area contributed by atoms with Crippen LogP contribution in [0.4, 0.5) is 0 Å². The maximum Gasteiger partial charge on any atom is 0.175 e. The molecule has 29 heavy (non-hydrogen) atoms. The number of carbonyl (C=O) groups is 1. The standard InChI is InChI=1S/C24H20O3S2/c1-29(26,27)19-13-11-17(12-14-19)20-15-16-22(25)24(20)21-9-5-6-10-23(21)28-18-7-3-2-4-8-18/h2-14H,15-16H2,1H3. The van der Waals surface area contributed by atoms with Crippen molar-refractivity contribution in [3.63, 3.8) is 0 Å². The second kappa shape index (κ2) is 8.01. The summed E-state index contributed by atoms with van der Waals surface area (Å²) in [6.07, 6.45) is 2.34. The fraction of sp³-hybridized carbons (Fsp3) is 0.125. The Balaban J connectivity index is 1.79. The molecule has 0 saturated carbocycles. The van der Waals surface area contributed by atoms with Crippen LogP contribution in [0.15, 0.2) is 93.5 Å². The number of benzene rings is 3. The van der Waals surface area contributed by atoms with Crippen molar-refractivity contribution in [3.8, 4) is 0 Å². The first kappa shape index (κ1) is 19.7. The average molecular weight is 421 g/mol. The zero-order valence-electron chi connectivity index (χ0n) is 16.0. The van der Waals surface area contributed by atoms with Crippen LogP contribution in [0.3, 0.4) is 0 Å². The van der Waals surface area contributed by atoms with Gasteiger partial charge < -0.3 is 0 Å². The summed E-state index contributed by atoms with van der Waals surface area (Å²) in [5.74, 6) is 0.133. The quantitative estimate of drug-likeness (QED) is 0.546. The zero-order chi connectivity index (χ0) is 20.4. The lowest BCUT2D eigenvalue weighted by Gasteiger charge is -2.12. The molecule has 1 aliphatic rings. The number of allylic oxidation sites excluding steroid dienone is 2. The van der Waals surface area contributed by atoms with E-state index >= 15 is 0 Å². The molecule has 4 rings (SSSR count). The number of carbonyl (C=O) groups excluding carboxylic acids is 1. The van der Waals surface area contributed by atoms with E-state index in [2.05, 4.69) is 12.1 Å². The fourth-order valence-corrected chi connectivity index (χ4v) is 5.14. The van der Waals surface area contributed by atoms with Crippen molar-refractivity contribution in [2.75, 3.05) is 6.26 Å². The van der Waals surface area contributed by atoms with Crippen molar-refractivity contribution < 1.29 is 13.2 Å². The third-order valence-electron chi connectivity index (χ3n) is 4.94. The summed E-state index contributed by atoms with van der Waals surface area (Å²) in [4.78, 5) is 15.3. The molecule has 0 fully saturated rings. The Bertz CT molecular complexity index is 1190. The van der Waals surface area contributed by atoms with Crippen LogP contribution in [-0.4, -0.2) is 20.5 Å². The highest BCUT2D eigenvalue weighted by Gasteiger charge is 2.27. The van der Waals surface area contributed by atoms with E-state index < -0.39 is 9.84 Å². The van der Waals surface area contributed by atoms with Crippen molar-refractivity contribution in [2.24, 2.45) is 0 Å². The molecule has 0 radical (unpaired) electrons. The molecule has 0 heterocycles. The molecule has 5 heteroatoms. The lowest BCUT2D eigenvalue weighted by Crippen LogP contribution is -1.99. The van der Waals surface area contributed by atoms with Gasteiger partial charge in [0, 0.05) is 28.0 Å². The van der Waals surface area contributed by atoms with E-state index in [-0.39, 0.29) is 10.7 Å². The molecule has 0 aromatic heterocycles. The minimum absolute atomic E-state index is 0.133. The number of hydrogen-bond acceptors (Lipinski definition) is 4. The summed E-state index contributed by atoms with van der Waals surface area (Å²) in [7, 11) is -3.25. The molecule has 0 spiro atoms.